The van der Waals surface area contributed by atoms with Crippen LogP contribution in [0.25, 0.3) is 0 Å². The predicted molar refractivity (Wildman–Crippen MR) is 47.1 cm³/mol. The summed E-state index contributed by atoms with van der Waals surface area (Å²) in [5.74, 6) is 0. The van der Waals surface area contributed by atoms with Crippen LogP contribution in [0.15, 0.2) is 6.20 Å². The van der Waals surface area contributed by atoms with E-state index in [0.717, 1.165) is 26.0 Å². The van der Waals surface area contributed by atoms with Crippen molar-refractivity contribution in [3.63, 3.8) is 0 Å². The molecule has 0 aliphatic heterocycles. The zero-order valence-corrected chi connectivity index (χ0v) is 7.81. The van der Waals surface area contributed by atoms with Crippen LogP contribution in [0.5, 0.6) is 0 Å². The Hall–Kier alpha value is -0.940. The zero-order valence-electron chi connectivity index (χ0n) is 7.81. The van der Waals surface area contributed by atoms with E-state index in [1.807, 2.05) is 0 Å². The van der Waals surface area contributed by atoms with Crippen molar-refractivity contribution in [3.8, 4) is 0 Å². The molecule has 1 N–H and O–H groups in total. The molecule has 0 unspecified atom stereocenters. The van der Waals surface area contributed by atoms with Crippen LogP contribution in [0.4, 0.5) is 0 Å². The number of aliphatic hydroxyl groups excluding tert-OH is 1. The van der Waals surface area contributed by atoms with E-state index in [9.17, 15) is 0 Å². The molecule has 0 radical (unpaired) electrons. The molecule has 0 aliphatic carbocycles. The highest BCUT2D eigenvalue weighted by Crippen LogP contribution is 1.96. The molecule has 5 heteroatoms. The summed E-state index contributed by atoms with van der Waals surface area (Å²) in [7, 11) is 1.69. The highest BCUT2D eigenvalue weighted by molar-refractivity contribution is 4.88. The summed E-state index contributed by atoms with van der Waals surface area (Å²) in [6, 6.07) is 0. The van der Waals surface area contributed by atoms with Crippen LogP contribution in [0.3, 0.4) is 0 Å². The molecular formula is C8H15N3O2. The molecule has 5 nitrogen and oxygen atoms in total. The first-order valence-corrected chi connectivity index (χ1v) is 4.35. The third kappa shape index (κ3) is 3.52. The molecule has 0 spiro atoms. The van der Waals surface area contributed by atoms with E-state index in [0.29, 0.717) is 5.69 Å². The minimum absolute atomic E-state index is 0.0436. The largest absolute Gasteiger partial charge is 0.390 e. The Kier molecular flexibility index (Phi) is 4.42. The molecule has 0 amide bonds. The summed E-state index contributed by atoms with van der Waals surface area (Å²) < 4.78 is 6.66. The first-order valence-electron chi connectivity index (χ1n) is 4.35. The molecular weight excluding hydrogens is 170 g/mol. The second-order valence-electron chi connectivity index (χ2n) is 2.83. The van der Waals surface area contributed by atoms with Gasteiger partial charge >= 0.3 is 0 Å². The van der Waals surface area contributed by atoms with Gasteiger partial charge in [-0.1, -0.05) is 5.21 Å². The number of aryl methyl sites for hydroxylation is 1. The molecule has 0 aromatic carbocycles. The van der Waals surface area contributed by atoms with Gasteiger partial charge in [-0.2, -0.15) is 0 Å². The summed E-state index contributed by atoms with van der Waals surface area (Å²) in [5.41, 5.74) is 0.617. The van der Waals surface area contributed by atoms with Gasteiger partial charge in [-0.05, 0) is 12.8 Å². The van der Waals surface area contributed by atoms with Crippen LogP contribution in [0.1, 0.15) is 18.5 Å². The second kappa shape index (κ2) is 5.66. The van der Waals surface area contributed by atoms with Gasteiger partial charge in [-0.3, -0.25) is 4.68 Å². The molecule has 1 heterocycles. The maximum atomic E-state index is 8.72. The fourth-order valence-corrected chi connectivity index (χ4v) is 1.04. The number of nitrogens with zero attached hydrogens (tertiary/aromatic N) is 3. The third-order valence-corrected chi connectivity index (χ3v) is 1.73. The van der Waals surface area contributed by atoms with E-state index >= 15 is 0 Å². The fourth-order valence-electron chi connectivity index (χ4n) is 1.04. The van der Waals surface area contributed by atoms with Gasteiger partial charge in [0, 0.05) is 20.3 Å². The maximum absolute atomic E-state index is 8.72. The molecule has 0 aliphatic rings. The lowest BCUT2D eigenvalue weighted by Gasteiger charge is -1.99. The summed E-state index contributed by atoms with van der Waals surface area (Å²) in [6.07, 6.45) is 3.79. The van der Waals surface area contributed by atoms with E-state index in [1.54, 1.807) is 18.0 Å². The van der Waals surface area contributed by atoms with E-state index in [2.05, 4.69) is 10.3 Å². The second-order valence-corrected chi connectivity index (χ2v) is 2.83. The topological polar surface area (TPSA) is 60.2 Å². The Labute approximate surface area is 77.3 Å². The van der Waals surface area contributed by atoms with Crippen LogP contribution >= 0.6 is 0 Å². The van der Waals surface area contributed by atoms with Gasteiger partial charge in [0.25, 0.3) is 0 Å². The molecule has 0 saturated carbocycles. The third-order valence-electron chi connectivity index (χ3n) is 1.73. The molecule has 0 fully saturated rings. The molecule has 1 aromatic rings. The van der Waals surface area contributed by atoms with Gasteiger partial charge in [0.15, 0.2) is 0 Å². The van der Waals surface area contributed by atoms with Gasteiger partial charge in [0.2, 0.25) is 0 Å². The maximum Gasteiger partial charge on any atom is 0.108 e. The van der Waals surface area contributed by atoms with Gasteiger partial charge in [-0.25, -0.2) is 0 Å². The Morgan fingerprint density at radius 1 is 1.54 bits per heavy atom. The van der Waals surface area contributed by atoms with Crippen LogP contribution < -0.4 is 0 Å². The quantitative estimate of drug-likeness (QED) is 0.643. The first kappa shape index (κ1) is 10.1. The minimum atomic E-state index is -0.0436. The van der Waals surface area contributed by atoms with Crippen molar-refractivity contribution >= 4 is 0 Å². The molecule has 0 atom stereocenters. The van der Waals surface area contributed by atoms with Gasteiger partial charge in [0.1, 0.15) is 5.69 Å². The van der Waals surface area contributed by atoms with Crippen LogP contribution in [-0.4, -0.2) is 33.8 Å². The van der Waals surface area contributed by atoms with Gasteiger partial charge < -0.3 is 9.84 Å². The average Bonchev–Trinajstić information content (AvgIpc) is 2.60. The molecule has 1 rings (SSSR count). The van der Waals surface area contributed by atoms with Crippen molar-refractivity contribution in [1.82, 2.24) is 15.0 Å². The number of hydrogen-bond donors (Lipinski definition) is 1. The van der Waals surface area contributed by atoms with Gasteiger partial charge in [-0.15, -0.1) is 5.10 Å². The van der Waals surface area contributed by atoms with E-state index in [-0.39, 0.29) is 6.61 Å². The summed E-state index contributed by atoms with van der Waals surface area (Å²) in [6.45, 7) is 1.57. The van der Waals surface area contributed by atoms with E-state index in [4.69, 9.17) is 9.84 Å². The Morgan fingerprint density at radius 2 is 2.38 bits per heavy atom. The lowest BCUT2D eigenvalue weighted by atomic mass is 10.3. The average molecular weight is 185 g/mol. The highest BCUT2D eigenvalue weighted by Gasteiger charge is 1.97. The molecule has 13 heavy (non-hydrogen) atoms. The van der Waals surface area contributed by atoms with Crippen molar-refractivity contribution < 1.29 is 9.84 Å². The van der Waals surface area contributed by atoms with Crippen LogP contribution in [0, 0.1) is 0 Å². The molecule has 1 aromatic heterocycles. The van der Waals surface area contributed by atoms with Crippen LogP contribution in [0.2, 0.25) is 0 Å². The predicted octanol–water partition coefficient (Wildman–Crippen LogP) is 0.197. The summed E-state index contributed by atoms with van der Waals surface area (Å²) in [4.78, 5) is 0. The highest BCUT2D eigenvalue weighted by atomic mass is 16.5. The first-order chi connectivity index (χ1) is 6.36. The monoisotopic (exact) mass is 185 g/mol. The number of methoxy groups -OCH3 is 1. The zero-order chi connectivity index (χ0) is 9.52. The SMILES string of the molecule is COCCCCn1cc(CO)nn1. The summed E-state index contributed by atoms with van der Waals surface area (Å²) >= 11 is 0. The number of aromatic nitrogens is 3. The van der Waals surface area contributed by atoms with Crippen molar-refractivity contribution in [1.29, 1.82) is 0 Å². The Bertz CT molecular complexity index is 237. The van der Waals surface area contributed by atoms with Gasteiger partial charge in [0.05, 0.1) is 12.8 Å². The van der Waals surface area contributed by atoms with Crippen molar-refractivity contribution in [3.05, 3.63) is 11.9 Å². The minimum Gasteiger partial charge on any atom is -0.390 e. The lowest BCUT2D eigenvalue weighted by Crippen LogP contribution is -2.00. The Balaban J connectivity index is 2.20. The van der Waals surface area contributed by atoms with Crippen molar-refractivity contribution in [2.24, 2.45) is 0 Å². The standard InChI is InChI=1S/C8H15N3O2/c1-13-5-3-2-4-11-6-8(7-12)9-10-11/h6,12H,2-5,7H2,1H3. The number of ether oxygens (including phenoxy) is 1. The smallest absolute Gasteiger partial charge is 0.108 e. The number of rotatable bonds is 6. The van der Waals surface area contributed by atoms with Crippen LogP contribution in [-0.2, 0) is 17.9 Å². The summed E-state index contributed by atoms with van der Waals surface area (Å²) in [5, 5.41) is 16.3. The van der Waals surface area contributed by atoms with Crippen molar-refractivity contribution in [2.75, 3.05) is 13.7 Å². The normalized spacial score (nSPS) is 10.6. The number of aliphatic hydroxyl groups is 1. The lowest BCUT2D eigenvalue weighted by molar-refractivity contribution is 0.191. The number of unbranched alkanes of at least 4 members (excludes halogenated alkanes) is 1. The Morgan fingerprint density at radius 3 is 3.00 bits per heavy atom. The molecule has 0 bridgehead atoms. The van der Waals surface area contributed by atoms with Crippen molar-refractivity contribution in [2.45, 2.75) is 26.0 Å². The fraction of sp³-hybridized carbons (Fsp3) is 0.750. The number of hydrogen-bond acceptors (Lipinski definition) is 4. The molecule has 74 valence electrons. The molecule has 0 saturated heterocycles. The van der Waals surface area contributed by atoms with E-state index < -0.39 is 0 Å². The van der Waals surface area contributed by atoms with E-state index in [1.165, 1.54) is 0 Å².